The van der Waals surface area contributed by atoms with Crippen LogP contribution in [0.3, 0.4) is 0 Å². The molecule has 0 aliphatic carbocycles. The van der Waals surface area contributed by atoms with Crippen molar-refractivity contribution >= 4 is 23.4 Å². The number of halogens is 1. The van der Waals surface area contributed by atoms with E-state index in [9.17, 15) is 4.79 Å². The highest BCUT2D eigenvalue weighted by atomic mass is 35.5. The van der Waals surface area contributed by atoms with E-state index >= 15 is 0 Å². The van der Waals surface area contributed by atoms with Gasteiger partial charge in [-0.25, -0.2) is 4.98 Å². The van der Waals surface area contributed by atoms with E-state index in [0.717, 1.165) is 34.2 Å². The molecule has 1 aliphatic heterocycles. The topological polar surface area (TPSA) is 45.8 Å². The summed E-state index contributed by atoms with van der Waals surface area (Å²) < 4.78 is 0. The second kappa shape index (κ2) is 4.78. The van der Waals surface area contributed by atoms with Crippen LogP contribution in [0.2, 0.25) is 5.02 Å². The first-order chi connectivity index (χ1) is 8.72. The summed E-state index contributed by atoms with van der Waals surface area (Å²) in [5.41, 5.74) is 2.87. The number of rotatable bonds is 2. The van der Waals surface area contributed by atoms with Gasteiger partial charge in [0.15, 0.2) is 0 Å². The maximum Gasteiger partial charge on any atom is 0.255 e. The molecule has 0 atom stereocenters. The minimum atomic E-state index is 0.00830. The van der Waals surface area contributed by atoms with Crippen LogP contribution < -0.4 is 5.56 Å². The molecule has 0 amide bonds. The summed E-state index contributed by atoms with van der Waals surface area (Å²) in [6.07, 6.45) is 0.629. The lowest BCUT2D eigenvalue weighted by molar-refractivity contribution is 0.903. The number of aromatic amines is 1. The monoisotopic (exact) mass is 278 g/mol. The predicted octanol–water partition coefficient (Wildman–Crippen LogP) is 2.76. The SMILES string of the molecule is O=c1[nH]c(Cc2ccc(Cl)cc2)nc2c1CSC2. The number of hydrogen-bond donors (Lipinski definition) is 1. The van der Waals surface area contributed by atoms with Crippen LogP contribution in [0.15, 0.2) is 29.1 Å². The van der Waals surface area contributed by atoms with Gasteiger partial charge in [-0.1, -0.05) is 23.7 Å². The van der Waals surface area contributed by atoms with Gasteiger partial charge in [0.25, 0.3) is 5.56 Å². The number of nitrogens with zero attached hydrogens (tertiary/aromatic N) is 1. The molecule has 5 heteroatoms. The zero-order valence-electron chi connectivity index (χ0n) is 9.57. The Morgan fingerprint density at radius 3 is 2.83 bits per heavy atom. The number of thioether (sulfide) groups is 1. The highest BCUT2D eigenvalue weighted by molar-refractivity contribution is 7.98. The van der Waals surface area contributed by atoms with Crippen molar-refractivity contribution in [2.75, 3.05) is 0 Å². The van der Waals surface area contributed by atoms with E-state index in [1.54, 1.807) is 11.8 Å². The number of benzene rings is 1. The van der Waals surface area contributed by atoms with Gasteiger partial charge in [0.2, 0.25) is 0 Å². The molecule has 0 spiro atoms. The van der Waals surface area contributed by atoms with E-state index in [0.29, 0.717) is 11.4 Å². The fourth-order valence-electron chi connectivity index (χ4n) is 1.99. The summed E-state index contributed by atoms with van der Waals surface area (Å²) in [6.45, 7) is 0. The molecule has 0 radical (unpaired) electrons. The predicted molar refractivity (Wildman–Crippen MR) is 74.1 cm³/mol. The van der Waals surface area contributed by atoms with Crippen LogP contribution in [-0.4, -0.2) is 9.97 Å². The van der Waals surface area contributed by atoms with Crippen molar-refractivity contribution < 1.29 is 0 Å². The Morgan fingerprint density at radius 2 is 2.06 bits per heavy atom. The number of nitrogens with one attached hydrogen (secondary N) is 1. The second-order valence-electron chi connectivity index (χ2n) is 4.23. The first-order valence-corrected chi connectivity index (χ1v) is 7.19. The molecule has 1 aliphatic rings. The summed E-state index contributed by atoms with van der Waals surface area (Å²) in [6, 6.07) is 7.59. The van der Waals surface area contributed by atoms with Gasteiger partial charge in [-0.3, -0.25) is 4.79 Å². The van der Waals surface area contributed by atoms with Crippen LogP contribution in [-0.2, 0) is 17.9 Å². The van der Waals surface area contributed by atoms with Crippen LogP contribution in [0.1, 0.15) is 22.6 Å². The van der Waals surface area contributed by atoms with E-state index in [4.69, 9.17) is 11.6 Å². The average molecular weight is 279 g/mol. The van der Waals surface area contributed by atoms with E-state index in [-0.39, 0.29) is 5.56 Å². The first kappa shape index (κ1) is 11.8. The number of H-pyrrole nitrogens is 1. The number of hydrogen-bond acceptors (Lipinski definition) is 3. The quantitative estimate of drug-likeness (QED) is 0.919. The lowest BCUT2D eigenvalue weighted by Crippen LogP contribution is -2.17. The Morgan fingerprint density at radius 1 is 1.28 bits per heavy atom. The van der Waals surface area contributed by atoms with Crippen molar-refractivity contribution in [3.05, 3.63) is 62.3 Å². The molecule has 1 aromatic carbocycles. The minimum absolute atomic E-state index is 0.00830. The summed E-state index contributed by atoms with van der Waals surface area (Å²) in [7, 11) is 0. The molecule has 0 fully saturated rings. The van der Waals surface area contributed by atoms with Gasteiger partial charge in [-0.2, -0.15) is 11.8 Å². The van der Waals surface area contributed by atoms with Crippen LogP contribution in [0.25, 0.3) is 0 Å². The molecule has 0 unspecified atom stereocenters. The molecular weight excluding hydrogens is 268 g/mol. The van der Waals surface area contributed by atoms with Crippen LogP contribution in [0.5, 0.6) is 0 Å². The molecule has 92 valence electrons. The Kier molecular flexibility index (Phi) is 3.14. The third-order valence-corrected chi connectivity index (χ3v) is 4.14. The second-order valence-corrected chi connectivity index (χ2v) is 5.66. The largest absolute Gasteiger partial charge is 0.310 e. The van der Waals surface area contributed by atoms with Crippen molar-refractivity contribution in [3.8, 4) is 0 Å². The smallest absolute Gasteiger partial charge is 0.255 e. The molecule has 0 bridgehead atoms. The van der Waals surface area contributed by atoms with Gasteiger partial charge in [-0.05, 0) is 17.7 Å². The third kappa shape index (κ3) is 2.31. The number of fused-ring (bicyclic) bond motifs is 1. The molecule has 3 rings (SSSR count). The zero-order valence-corrected chi connectivity index (χ0v) is 11.1. The molecule has 2 aromatic rings. The molecule has 2 heterocycles. The molecule has 1 aromatic heterocycles. The van der Waals surface area contributed by atoms with Crippen LogP contribution >= 0.6 is 23.4 Å². The molecule has 0 saturated carbocycles. The van der Waals surface area contributed by atoms with Crippen molar-refractivity contribution in [1.29, 1.82) is 0 Å². The van der Waals surface area contributed by atoms with Crippen molar-refractivity contribution in [1.82, 2.24) is 9.97 Å². The Bertz CT molecular complexity index is 636. The van der Waals surface area contributed by atoms with E-state index in [2.05, 4.69) is 9.97 Å². The van der Waals surface area contributed by atoms with Crippen molar-refractivity contribution in [2.45, 2.75) is 17.9 Å². The summed E-state index contributed by atoms with van der Waals surface area (Å²) >= 11 is 7.57. The highest BCUT2D eigenvalue weighted by Gasteiger charge is 2.17. The van der Waals surface area contributed by atoms with Gasteiger partial charge >= 0.3 is 0 Å². The molecule has 0 saturated heterocycles. The van der Waals surface area contributed by atoms with Crippen LogP contribution in [0.4, 0.5) is 0 Å². The van der Waals surface area contributed by atoms with E-state index in [1.807, 2.05) is 24.3 Å². The fraction of sp³-hybridized carbons (Fsp3) is 0.231. The maximum atomic E-state index is 11.8. The first-order valence-electron chi connectivity index (χ1n) is 5.65. The summed E-state index contributed by atoms with van der Waals surface area (Å²) in [4.78, 5) is 19.2. The van der Waals surface area contributed by atoms with Crippen molar-refractivity contribution in [3.63, 3.8) is 0 Å². The summed E-state index contributed by atoms with van der Waals surface area (Å²) in [5, 5.41) is 0.713. The van der Waals surface area contributed by atoms with Gasteiger partial charge in [0.05, 0.1) is 5.69 Å². The van der Waals surface area contributed by atoms with E-state index < -0.39 is 0 Å². The number of aromatic nitrogens is 2. The standard InChI is InChI=1S/C13H11ClN2OS/c14-9-3-1-8(2-4-9)5-12-15-11-7-18-6-10(11)13(17)16-12/h1-4H,5-7H2,(H,15,16,17). The molecule has 3 nitrogen and oxygen atoms in total. The van der Waals surface area contributed by atoms with Crippen LogP contribution in [0, 0.1) is 0 Å². The lowest BCUT2D eigenvalue weighted by atomic mass is 10.1. The Labute approximate surface area is 114 Å². The minimum Gasteiger partial charge on any atom is -0.310 e. The molecule has 1 N–H and O–H groups in total. The average Bonchev–Trinajstić information content (AvgIpc) is 2.81. The van der Waals surface area contributed by atoms with Crippen molar-refractivity contribution in [2.24, 2.45) is 0 Å². The Hall–Kier alpha value is -1.26. The summed E-state index contributed by atoms with van der Waals surface area (Å²) in [5.74, 6) is 2.34. The highest BCUT2D eigenvalue weighted by Crippen LogP contribution is 2.25. The zero-order chi connectivity index (χ0) is 12.5. The van der Waals surface area contributed by atoms with Gasteiger partial charge in [0, 0.05) is 28.5 Å². The van der Waals surface area contributed by atoms with Gasteiger partial charge < -0.3 is 4.98 Å². The maximum absolute atomic E-state index is 11.8. The fourth-order valence-corrected chi connectivity index (χ4v) is 3.16. The van der Waals surface area contributed by atoms with Gasteiger partial charge in [0.1, 0.15) is 5.82 Å². The van der Waals surface area contributed by atoms with E-state index in [1.165, 1.54) is 0 Å². The van der Waals surface area contributed by atoms with Gasteiger partial charge in [-0.15, -0.1) is 0 Å². The Balaban J connectivity index is 1.92. The normalized spacial score (nSPS) is 13.6. The molecule has 18 heavy (non-hydrogen) atoms. The molecular formula is C13H11ClN2OS. The third-order valence-electron chi connectivity index (χ3n) is 2.92. The lowest BCUT2D eigenvalue weighted by Gasteiger charge is -2.04.